The number of hydrogen-bond donors (Lipinski definition) is 0. The van der Waals surface area contributed by atoms with Crippen LogP contribution in [0.4, 0.5) is 0 Å². The van der Waals surface area contributed by atoms with Crippen LogP contribution in [0.25, 0.3) is 0 Å². The average molecular weight is 325 g/mol. The van der Waals surface area contributed by atoms with E-state index >= 15 is 0 Å². The topological polar surface area (TPSA) is 80.2 Å². The van der Waals surface area contributed by atoms with Gasteiger partial charge in [0.2, 0.25) is 0 Å². The minimum atomic E-state index is -1.07. The number of ether oxygens (including phenoxy) is 2. The minimum Gasteiger partial charge on any atom is -0.612 e. The molecule has 22 heavy (non-hydrogen) atoms. The predicted octanol–water partition coefficient (Wildman–Crippen LogP) is 1.50. The molecule has 7 heteroatoms. The molecule has 0 saturated carbocycles. The van der Waals surface area contributed by atoms with Gasteiger partial charge < -0.3 is 18.9 Å². The number of hydrogen-bond acceptors (Lipinski definition) is 6. The van der Waals surface area contributed by atoms with Crippen molar-refractivity contribution in [3.05, 3.63) is 29.8 Å². The van der Waals surface area contributed by atoms with Gasteiger partial charge in [-0.1, -0.05) is 5.16 Å². The second kappa shape index (κ2) is 8.17. The van der Waals surface area contributed by atoms with Crippen LogP contribution in [-0.2, 0) is 30.3 Å². The number of esters is 1. The summed E-state index contributed by atoms with van der Waals surface area (Å²) in [4.78, 5) is 18.1. The van der Waals surface area contributed by atoms with Gasteiger partial charge in [0.25, 0.3) is 0 Å². The van der Waals surface area contributed by atoms with Crippen molar-refractivity contribution < 1.29 is 23.7 Å². The number of rotatable bonds is 6. The van der Waals surface area contributed by atoms with Gasteiger partial charge in [-0.2, -0.15) is 0 Å². The van der Waals surface area contributed by atoms with Crippen LogP contribution in [0.15, 0.2) is 34.3 Å². The van der Waals surface area contributed by atoms with Crippen LogP contribution >= 0.6 is 0 Å². The minimum absolute atomic E-state index is 0.0992. The van der Waals surface area contributed by atoms with Crippen molar-refractivity contribution in [3.8, 4) is 0 Å². The maximum atomic E-state index is 12.0. The Kier molecular flexibility index (Phi) is 6.23. The molecule has 120 valence electrons. The predicted molar refractivity (Wildman–Crippen MR) is 82.3 cm³/mol. The summed E-state index contributed by atoms with van der Waals surface area (Å²) in [6.45, 7) is 3.07. The molecule has 1 aliphatic heterocycles. The first-order valence-corrected chi connectivity index (χ1v) is 8.60. The Hall–Kier alpha value is -1.57. The van der Waals surface area contributed by atoms with Crippen LogP contribution in [0.5, 0.6) is 0 Å². The van der Waals surface area contributed by atoms with Crippen molar-refractivity contribution in [1.82, 2.24) is 0 Å². The van der Waals surface area contributed by atoms with E-state index in [9.17, 15) is 9.35 Å². The van der Waals surface area contributed by atoms with Gasteiger partial charge in [0.15, 0.2) is 16.7 Å². The SMILES string of the molecule is CCOC(=O)C(=NO[C@@H]1CCOC1)c1ccc([S+](C)[O-])cc1. The van der Waals surface area contributed by atoms with Gasteiger partial charge in [0.1, 0.15) is 6.26 Å². The van der Waals surface area contributed by atoms with Gasteiger partial charge in [0, 0.05) is 12.0 Å². The molecule has 0 aliphatic carbocycles. The Morgan fingerprint density at radius 3 is 2.73 bits per heavy atom. The Labute approximate surface area is 132 Å². The largest absolute Gasteiger partial charge is 0.612 e. The quantitative estimate of drug-likeness (QED) is 0.343. The highest BCUT2D eigenvalue weighted by Crippen LogP contribution is 2.14. The van der Waals surface area contributed by atoms with E-state index in [0.29, 0.717) is 23.7 Å². The Balaban J connectivity index is 2.18. The molecule has 1 aromatic rings. The Morgan fingerprint density at radius 2 is 2.18 bits per heavy atom. The molecule has 2 rings (SSSR count). The number of carbonyl (C=O) groups is 1. The highest BCUT2D eigenvalue weighted by Gasteiger charge is 2.21. The van der Waals surface area contributed by atoms with E-state index in [0.717, 1.165) is 6.42 Å². The normalized spacial score (nSPS) is 19.8. The summed E-state index contributed by atoms with van der Waals surface area (Å²) in [5.41, 5.74) is 0.661. The fourth-order valence-electron chi connectivity index (χ4n) is 1.93. The molecule has 1 heterocycles. The Morgan fingerprint density at radius 1 is 1.45 bits per heavy atom. The van der Waals surface area contributed by atoms with Crippen LogP contribution < -0.4 is 0 Å². The average Bonchev–Trinajstić information content (AvgIpc) is 3.01. The molecule has 0 aromatic heterocycles. The van der Waals surface area contributed by atoms with Crippen molar-refractivity contribution >= 4 is 22.9 Å². The lowest BCUT2D eigenvalue weighted by atomic mass is 10.1. The third-order valence-electron chi connectivity index (χ3n) is 3.11. The summed E-state index contributed by atoms with van der Waals surface area (Å²) in [5.74, 6) is -0.549. The first-order valence-electron chi connectivity index (χ1n) is 7.04. The number of benzene rings is 1. The van der Waals surface area contributed by atoms with E-state index in [1.807, 2.05) is 0 Å². The standard InChI is InChI=1S/C15H19NO5S/c1-3-20-15(17)14(16-21-12-8-9-19-10-12)11-4-6-13(7-5-11)22(2)18/h4-7,12H,3,8-10H2,1-2H3/t12-,22?/m1/s1. The van der Waals surface area contributed by atoms with Crippen molar-refractivity contribution in [2.75, 3.05) is 26.1 Å². The van der Waals surface area contributed by atoms with Crippen molar-refractivity contribution in [1.29, 1.82) is 0 Å². The first-order chi connectivity index (χ1) is 10.6. The smallest absolute Gasteiger partial charge is 0.361 e. The van der Waals surface area contributed by atoms with Crippen LogP contribution in [0.3, 0.4) is 0 Å². The van der Waals surface area contributed by atoms with Gasteiger partial charge in [-0.05, 0) is 42.4 Å². The van der Waals surface area contributed by atoms with E-state index in [4.69, 9.17) is 14.3 Å². The fraction of sp³-hybridized carbons (Fsp3) is 0.467. The molecule has 1 aliphatic rings. The summed E-state index contributed by atoms with van der Waals surface area (Å²) < 4.78 is 21.6. The summed E-state index contributed by atoms with van der Waals surface area (Å²) >= 11 is -1.07. The molecular formula is C15H19NO5S. The molecule has 0 radical (unpaired) electrons. The van der Waals surface area contributed by atoms with E-state index in [1.165, 1.54) is 0 Å². The molecule has 1 aromatic carbocycles. The molecule has 0 N–H and O–H groups in total. The third kappa shape index (κ3) is 4.46. The van der Waals surface area contributed by atoms with Crippen molar-refractivity contribution in [2.45, 2.75) is 24.3 Å². The molecular weight excluding hydrogens is 306 g/mol. The van der Waals surface area contributed by atoms with Gasteiger partial charge >= 0.3 is 5.97 Å². The molecule has 1 saturated heterocycles. The third-order valence-corrected chi connectivity index (χ3v) is 4.05. The zero-order chi connectivity index (χ0) is 15.9. The highest BCUT2D eigenvalue weighted by atomic mass is 32.2. The van der Waals surface area contributed by atoms with E-state index in [2.05, 4.69) is 5.16 Å². The fourth-order valence-corrected chi connectivity index (χ4v) is 2.45. The van der Waals surface area contributed by atoms with Gasteiger partial charge in [-0.3, -0.25) is 0 Å². The van der Waals surface area contributed by atoms with E-state index in [-0.39, 0.29) is 18.4 Å². The molecule has 0 spiro atoms. The number of nitrogens with zero attached hydrogens (tertiary/aromatic N) is 1. The van der Waals surface area contributed by atoms with E-state index < -0.39 is 17.1 Å². The van der Waals surface area contributed by atoms with Gasteiger partial charge in [0.05, 0.1) is 19.8 Å². The van der Waals surface area contributed by atoms with Crippen molar-refractivity contribution in [3.63, 3.8) is 0 Å². The van der Waals surface area contributed by atoms with Crippen LogP contribution in [0.2, 0.25) is 0 Å². The maximum Gasteiger partial charge on any atom is 0.361 e. The molecule has 1 fully saturated rings. The van der Waals surface area contributed by atoms with Gasteiger partial charge in [-0.25, -0.2) is 4.79 Å². The maximum absolute atomic E-state index is 12.0. The molecule has 1 unspecified atom stereocenters. The summed E-state index contributed by atoms with van der Waals surface area (Å²) in [6, 6.07) is 6.75. The zero-order valence-electron chi connectivity index (χ0n) is 12.6. The van der Waals surface area contributed by atoms with Crippen LogP contribution in [0.1, 0.15) is 18.9 Å². The first kappa shape index (κ1) is 16.8. The molecule has 2 atom stereocenters. The summed E-state index contributed by atoms with van der Waals surface area (Å²) in [5, 5.41) is 3.96. The van der Waals surface area contributed by atoms with Crippen LogP contribution in [0, 0.1) is 0 Å². The lowest BCUT2D eigenvalue weighted by Crippen LogP contribution is -2.21. The lowest BCUT2D eigenvalue weighted by Gasteiger charge is -2.10. The number of oxime groups is 1. The monoisotopic (exact) mass is 325 g/mol. The Bertz CT molecular complexity index is 523. The molecule has 0 bridgehead atoms. The summed E-state index contributed by atoms with van der Waals surface area (Å²) in [6.07, 6.45) is 2.19. The highest BCUT2D eigenvalue weighted by molar-refractivity contribution is 7.90. The molecule has 0 amide bonds. The van der Waals surface area contributed by atoms with Crippen LogP contribution in [-0.4, -0.2) is 48.4 Å². The van der Waals surface area contributed by atoms with Crippen molar-refractivity contribution in [2.24, 2.45) is 5.16 Å². The summed E-state index contributed by atoms with van der Waals surface area (Å²) in [7, 11) is 0. The number of carbonyl (C=O) groups excluding carboxylic acids is 1. The zero-order valence-corrected chi connectivity index (χ0v) is 13.4. The second-order valence-corrected chi connectivity index (χ2v) is 6.11. The lowest BCUT2D eigenvalue weighted by molar-refractivity contribution is -0.135. The molecule has 6 nitrogen and oxygen atoms in total. The van der Waals surface area contributed by atoms with E-state index in [1.54, 1.807) is 37.4 Å². The second-order valence-electron chi connectivity index (χ2n) is 4.73. The van der Waals surface area contributed by atoms with Gasteiger partial charge in [-0.15, -0.1) is 0 Å².